The van der Waals surface area contributed by atoms with Gasteiger partial charge in [0.2, 0.25) is 0 Å². The van der Waals surface area contributed by atoms with Crippen molar-refractivity contribution in [2.75, 3.05) is 0 Å². The molecule has 0 radical (unpaired) electrons. The molecule has 1 saturated carbocycles. The maximum Gasteiger partial charge on any atom is 0.167 e. The highest BCUT2D eigenvalue weighted by Gasteiger charge is 2.38. The lowest BCUT2D eigenvalue weighted by molar-refractivity contribution is 0.334. The van der Waals surface area contributed by atoms with Gasteiger partial charge in [0.1, 0.15) is 5.54 Å². The van der Waals surface area contributed by atoms with E-state index in [0.717, 1.165) is 42.4 Å². The van der Waals surface area contributed by atoms with Crippen molar-refractivity contribution in [1.29, 1.82) is 0 Å². The van der Waals surface area contributed by atoms with Crippen LogP contribution in [-0.2, 0) is 5.54 Å². The number of nitrogens with one attached hydrogen (secondary N) is 4. The zero-order valence-corrected chi connectivity index (χ0v) is 25.1. The Morgan fingerprint density at radius 3 is 1.44 bits per heavy atom. The molecule has 210 valence electrons. The van der Waals surface area contributed by atoms with Crippen molar-refractivity contribution in [3.05, 3.63) is 144 Å². The zero-order chi connectivity index (χ0) is 28.5. The van der Waals surface area contributed by atoms with E-state index in [1.165, 1.54) is 5.56 Å². The van der Waals surface area contributed by atoms with Crippen LogP contribution in [-0.4, -0.2) is 22.3 Å². The van der Waals surface area contributed by atoms with Crippen LogP contribution in [0.2, 0.25) is 0 Å². The number of hydrogen-bond donors (Lipinski definition) is 4. The molecule has 0 unspecified atom stereocenters. The lowest BCUT2D eigenvalue weighted by atomic mass is 9.77. The van der Waals surface area contributed by atoms with Gasteiger partial charge in [-0.15, -0.1) is 0 Å². The predicted octanol–water partition coefficient (Wildman–Crippen LogP) is 6.98. The van der Waals surface area contributed by atoms with Crippen molar-refractivity contribution in [1.82, 2.24) is 21.3 Å². The minimum Gasteiger partial charge on any atom is -0.358 e. The van der Waals surface area contributed by atoms with E-state index in [9.17, 15) is 0 Å². The molecule has 1 aliphatic rings. The van der Waals surface area contributed by atoms with Crippen LogP contribution in [0.25, 0.3) is 0 Å². The Kier molecular flexibility index (Phi) is 9.65. The van der Waals surface area contributed by atoms with Crippen LogP contribution in [0.3, 0.4) is 0 Å². The van der Waals surface area contributed by atoms with Gasteiger partial charge in [-0.1, -0.05) is 134 Å². The highest BCUT2D eigenvalue weighted by Crippen LogP contribution is 2.36. The normalized spacial score (nSPS) is 17.6. The molecule has 0 aliphatic heterocycles. The lowest BCUT2D eigenvalue weighted by Gasteiger charge is -2.40. The summed E-state index contributed by atoms with van der Waals surface area (Å²) >= 11 is 11.8. The Bertz CT molecular complexity index is 1300. The van der Waals surface area contributed by atoms with Gasteiger partial charge in [0, 0.05) is 12.1 Å². The summed E-state index contributed by atoms with van der Waals surface area (Å²) in [7, 11) is 0. The summed E-state index contributed by atoms with van der Waals surface area (Å²) in [6, 6.07) is 42.5. The predicted molar refractivity (Wildman–Crippen MR) is 178 cm³/mol. The minimum atomic E-state index is -0.659. The number of rotatable bonds is 8. The summed E-state index contributed by atoms with van der Waals surface area (Å²) in [5, 5.41) is 15.9. The molecule has 0 aromatic heterocycles. The van der Waals surface area contributed by atoms with Crippen LogP contribution in [0.15, 0.2) is 121 Å². The van der Waals surface area contributed by atoms with Crippen molar-refractivity contribution in [3.8, 4) is 0 Å². The molecule has 0 amide bonds. The second-order valence-corrected chi connectivity index (χ2v) is 11.5. The summed E-state index contributed by atoms with van der Waals surface area (Å²) in [6.45, 7) is 2.13. The maximum absolute atomic E-state index is 6.08. The molecule has 4 N–H and O–H groups in total. The quantitative estimate of drug-likeness (QED) is 0.134. The summed E-state index contributed by atoms with van der Waals surface area (Å²) in [4.78, 5) is 0. The van der Waals surface area contributed by atoms with Gasteiger partial charge in [0.15, 0.2) is 10.2 Å². The minimum absolute atomic E-state index is 0.122. The Morgan fingerprint density at radius 1 is 0.610 bits per heavy atom. The first-order chi connectivity index (χ1) is 20.1. The molecule has 1 aliphatic carbocycles. The molecule has 0 saturated heterocycles. The largest absolute Gasteiger partial charge is 0.358 e. The van der Waals surface area contributed by atoms with E-state index in [2.05, 4.69) is 143 Å². The van der Waals surface area contributed by atoms with Crippen LogP contribution in [0.1, 0.15) is 60.9 Å². The van der Waals surface area contributed by atoms with Crippen molar-refractivity contribution in [2.24, 2.45) is 0 Å². The molecule has 6 heteroatoms. The maximum atomic E-state index is 6.08. The molecule has 5 rings (SSSR count). The number of benzene rings is 4. The first-order valence-electron chi connectivity index (χ1n) is 14.4. The van der Waals surface area contributed by atoms with Gasteiger partial charge in [0.05, 0.1) is 6.04 Å². The summed E-state index contributed by atoms with van der Waals surface area (Å²) in [5.74, 6) is 0. The van der Waals surface area contributed by atoms with Crippen LogP contribution < -0.4 is 21.3 Å². The molecule has 41 heavy (non-hydrogen) atoms. The highest BCUT2D eigenvalue weighted by molar-refractivity contribution is 7.80. The summed E-state index contributed by atoms with van der Waals surface area (Å²) in [5.41, 5.74) is 3.92. The van der Waals surface area contributed by atoms with Crippen LogP contribution in [0.5, 0.6) is 0 Å². The average molecular weight is 579 g/mol. The van der Waals surface area contributed by atoms with Crippen molar-refractivity contribution >= 4 is 34.7 Å². The van der Waals surface area contributed by atoms with Gasteiger partial charge in [-0.25, -0.2) is 0 Å². The van der Waals surface area contributed by atoms with E-state index in [1.807, 2.05) is 6.07 Å². The fourth-order valence-electron chi connectivity index (χ4n) is 5.86. The molecule has 3 atom stereocenters. The smallest absolute Gasteiger partial charge is 0.167 e. The monoisotopic (exact) mass is 578 g/mol. The van der Waals surface area contributed by atoms with Gasteiger partial charge < -0.3 is 21.3 Å². The molecular formula is C35H38N4S2. The van der Waals surface area contributed by atoms with E-state index >= 15 is 0 Å². The third kappa shape index (κ3) is 6.95. The molecule has 4 nitrogen and oxygen atoms in total. The van der Waals surface area contributed by atoms with Crippen molar-refractivity contribution in [3.63, 3.8) is 0 Å². The molecule has 4 aromatic rings. The number of thiocarbonyl (C=S) groups is 2. The van der Waals surface area contributed by atoms with Crippen LogP contribution >= 0.6 is 24.4 Å². The SMILES string of the molecule is C[C@H](NC(=S)N[C@@H]1CCCC[C@H]1NC(=S)NC(c1ccccc1)(c1ccccc1)c1ccccc1)c1ccccc1. The number of hydrogen-bond acceptors (Lipinski definition) is 2. The Morgan fingerprint density at radius 2 is 1.00 bits per heavy atom. The first-order valence-corrected chi connectivity index (χ1v) is 15.2. The second-order valence-electron chi connectivity index (χ2n) is 10.7. The van der Waals surface area contributed by atoms with Gasteiger partial charge in [-0.05, 0) is 66.5 Å². The van der Waals surface area contributed by atoms with Gasteiger partial charge in [0.25, 0.3) is 0 Å². The average Bonchev–Trinajstić information content (AvgIpc) is 3.02. The van der Waals surface area contributed by atoms with Gasteiger partial charge in [-0.2, -0.15) is 0 Å². The zero-order valence-electron chi connectivity index (χ0n) is 23.4. The third-order valence-corrected chi connectivity index (χ3v) is 8.42. The van der Waals surface area contributed by atoms with E-state index in [-0.39, 0.29) is 18.1 Å². The Labute approximate surface area is 255 Å². The van der Waals surface area contributed by atoms with E-state index in [4.69, 9.17) is 24.4 Å². The van der Waals surface area contributed by atoms with E-state index in [0.29, 0.717) is 10.2 Å². The van der Waals surface area contributed by atoms with Crippen molar-refractivity contribution in [2.45, 2.75) is 56.3 Å². The van der Waals surface area contributed by atoms with E-state index < -0.39 is 5.54 Å². The fraction of sp³-hybridized carbons (Fsp3) is 0.257. The molecule has 0 bridgehead atoms. The lowest BCUT2D eigenvalue weighted by Crippen LogP contribution is -2.59. The Balaban J connectivity index is 1.36. The van der Waals surface area contributed by atoms with Crippen LogP contribution in [0, 0.1) is 0 Å². The molecule has 4 aromatic carbocycles. The first kappa shape index (κ1) is 28.8. The molecule has 0 heterocycles. The summed E-state index contributed by atoms with van der Waals surface area (Å²) < 4.78 is 0. The van der Waals surface area contributed by atoms with E-state index in [1.54, 1.807) is 0 Å². The Hall–Kier alpha value is -3.74. The summed E-state index contributed by atoms with van der Waals surface area (Å²) in [6.07, 6.45) is 4.36. The van der Waals surface area contributed by atoms with Crippen LogP contribution in [0.4, 0.5) is 0 Å². The van der Waals surface area contributed by atoms with Gasteiger partial charge >= 0.3 is 0 Å². The molecule has 1 fully saturated rings. The van der Waals surface area contributed by atoms with Gasteiger partial charge in [-0.3, -0.25) is 0 Å². The standard InChI is InChI=1S/C35H38N4S2/c1-26(27-16-6-2-7-17-27)36-33(40)37-31-24-14-15-25-32(31)38-34(41)39-35(28-18-8-3-9-19-28,29-20-10-4-11-21-29)30-22-12-5-13-23-30/h2-13,16-23,26,31-32H,14-15,24-25H2,1H3,(H2,36,37,40)(H2,38,39,41)/t26-,31+,32+/m0/s1. The highest BCUT2D eigenvalue weighted by atomic mass is 32.1. The molecular weight excluding hydrogens is 541 g/mol. The van der Waals surface area contributed by atoms with Crippen molar-refractivity contribution < 1.29 is 0 Å². The topological polar surface area (TPSA) is 48.1 Å². The third-order valence-electron chi connectivity index (χ3n) is 7.97. The fourth-order valence-corrected chi connectivity index (χ4v) is 6.50. The molecule has 0 spiro atoms. The second kappa shape index (κ2) is 13.7.